The van der Waals surface area contributed by atoms with Crippen LogP contribution in [0.25, 0.3) is 0 Å². The first-order valence-electron chi connectivity index (χ1n) is 5.65. The van der Waals surface area contributed by atoms with Gasteiger partial charge in [-0.3, -0.25) is 14.9 Å². The predicted octanol–water partition coefficient (Wildman–Crippen LogP) is 1.95. The van der Waals surface area contributed by atoms with Crippen molar-refractivity contribution >= 4 is 11.6 Å². The lowest BCUT2D eigenvalue weighted by atomic mass is 9.99. The van der Waals surface area contributed by atoms with Crippen molar-refractivity contribution in [1.29, 1.82) is 0 Å². The number of carbonyl (C=O) groups is 2. The third-order valence-corrected chi connectivity index (χ3v) is 2.50. The molecule has 0 saturated carbocycles. The van der Waals surface area contributed by atoms with Crippen molar-refractivity contribution in [3.8, 4) is 0 Å². The van der Waals surface area contributed by atoms with E-state index >= 15 is 0 Å². The van der Waals surface area contributed by atoms with E-state index in [2.05, 4.69) is 19.2 Å². The van der Waals surface area contributed by atoms with Crippen molar-refractivity contribution in [3.63, 3.8) is 0 Å². The van der Waals surface area contributed by atoms with Crippen molar-refractivity contribution in [3.05, 3.63) is 0 Å². The number of hydrogen-bond donors (Lipinski definition) is 1. The molecule has 3 heteroatoms. The zero-order valence-electron chi connectivity index (χ0n) is 10.5. The van der Waals surface area contributed by atoms with Gasteiger partial charge in [0.1, 0.15) is 11.6 Å². The molecule has 0 bridgehead atoms. The second-order valence-electron chi connectivity index (χ2n) is 4.53. The zero-order chi connectivity index (χ0) is 12.0. The standard InChI is InChI=1S/C12H23NO2/c1-6-11(9(4)14)13-12(10(5)15)7-8(2)3/h8,11-13H,6-7H2,1-5H3/t11-,12-/m0/s1. The quantitative estimate of drug-likeness (QED) is 0.703. The van der Waals surface area contributed by atoms with Crippen LogP contribution in [0.4, 0.5) is 0 Å². The van der Waals surface area contributed by atoms with E-state index < -0.39 is 0 Å². The normalized spacial score (nSPS) is 15.1. The fourth-order valence-electron chi connectivity index (χ4n) is 1.59. The maximum atomic E-state index is 11.4. The lowest BCUT2D eigenvalue weighted by Gasteiger charge is -2.22. The van der Waals surface area contributed by atoms with Crippen LogP contribution in [-0.4, -0.2) is 23.7 Å². The highest BCUT2D eigenvalue weighted by Crippen LogP contribution is 2.07. The van der Waals surface area contributed by atoms with Crippen LogP contribution in [0, 0.1) is 5.92 Å². The molecule has 0 aromatic heterocycles. The summed E-state index contributed by atoms with van der Waals surface area (Å²) >= 11 is 0. The Kier molecular flexibility index (Phi) is 6.41. The van der Waals surface area contributed by atoms with Crippen LogP contribution >= 0.6 is 0 Å². The molecule has 0 radical (unpaired) electrons. The van der Waals surface area contributed by atoms with Crippen molar-refractivity contribution in [1.82, 2.24) is 5.32 Å². The van der Waals surface area contributed by atoms with Crippen molar-refractivity contribution in [2.24, 2.45) is 5.92 Å². The highest BCUT2D eigenvalue weighted by molar-refractivity contribution is 5.84. The fraction of sp³-hybridized carbons (Fsp3) is 0.833. The molecular formula is C12H23NO2. The Labute approximate surface area is 92.6 Å². The SMILES string of the molecule is CC[C@H](N[C@@H](CC(C)C)C(C)=O)C(C)=O. The second kappa shape index (κ2) is 6.72. The average Bonchev–Trinajstić information content (AvgIpc) is 2.10. The molecule has 0 spiro atoms. The molecule has 0 aliphatic carbocycles. The summed E-state index contributed by atoms with van der Waals surface area (Å²) in [6.45, 7) is 9.24. The summed E-state index contributed by atoms with van der Waals surface area (Å²) in [4.78, 5) is 22.6. The predicted molar refractivity (Wildman–Crippen MR) is 61.8 cm³/mol. The summed E-state index contributed by atoms with van der Waals surface area (Å²) in [5, 5.41) is 3.13. The maximum Gasteiger partial charge on any atom is 0.146 e. The molecule has 0 aliphatic rings. The highest BCUT2D eigenvalue weighted by Gasteiger charge is 2.21. The Morgan fingerprint density at radius 2 is 1.53 bits per heavy atom. The Bertz CT molecular complexity index is 224. The van der Waals surface area contributed by atoms with Gasteiger partial charge in [0.2, 0.25) is 0 Å². The van der Waals surface area contributed by atoms with Crippen LogP contribution in [-0.2, 0) is 9.59 Å². The molecular weight excluding hydrogens is 190 g/mol. The molecule has 0 aliphatic heterocycles. The van der Waals surface area contributed by atoms with Crippen molar-refractivity contribution < 1.29 is 9.59 Å². The van der Waals surface area contributed by atoms with Crippen LogP contribution in [0.1, 0.15) is 47.5 Å². The summed E-state index contributed by atoms with van der Waals surface area (Å²) < 4.78 is 0. The number of rotatable bonds is 7. The zero-order valence-corrected chi connectivity index (χ0v) is 10.5. The third kappa shape index (κ3) is 5.67. The molecule has 0 amide bonds. The van der Waals surface area contributed by atoms with Crippen LogP contribution in [0.5, 0.6) is 0 Å². The summed E-state index contributed by atoms with van der Waals surface area (Å²) in [5.74, 6) is 0.673. The van der Waals surface area contributed by atoms with E-state index in [1.54, 1.807) is 13.8 Å². The first-order valence-corrected chi connectivity index (χ1v) is 5.65. The number of nitrogens with one attached hydrogen (secondary N) is 1. The molecule has 15 heavy (non-hydrogen) atoms. The van der Waals surface area contributed by atoms with Crippen LogP contribution in [0.15, 0.2) is 0 Å². The molecule has 3 nitrogen and oxygen atoms in total. The number of hydrogen-bond acceptors (Lipinski definition) is 3. The van der Waals surface area contributed by atoms with Gasteiger partial charge in [0.25, 0.3) is 0 Å². The van der Waals surface area contributed by atoms with Gasteiger partial charge in [-0.05, 0) is 32.6 Å². The third-order valence-electron chi connectivity index (χ3n) is 2.50. The van der Waals surface area contributed by atoms with Gasteiger partial charge in [0.15, 0.2) is 0 Å². The molecule has 0 rings (SSSR count). The molecule has 0 saturated heterocycles. The van der Waals surface area contributed by atoms with Gasteiger partial charge in [0.05, 0.1) is 12.1 Å². The van der Waals surface area contributed by atoms with Gasteiger partial charge in [-0.15, -0.1) is 0 Å². The molecule has 0 aromatic rings. The van der Waals surface area contributed by atoms with Crippen LogP contribution < -0.4 is 5.32 Å². The molecule has 0 unspecified atom stereocenters. The first kappa shape index (κ1) is 14.3. The molecule has 0 fully saturated rings. The first-order chi connectivity index (χ1) is 6.88. The van der Waals surface area contributed by atoms with Crippen molar-refractivity contribution in [2.75, 3.05) is 0 Å². The number of carbonyl (C=O) groups excluding carboxylic acids is 2. The summed E-state index contributed by atoms with van der Waals surface area (Å²) in [6.07, 6.45) is 1.52. The summed E-state index contributed by atoms with van der Waals surface area (Å²) in [7, 11) is 0. The summed E-state index contributed by atoms with van der Waals surface area (Å²) in [6, 6.07) is -0.364. The van der Waals surface area contributed by atoms with Gasteiger partial charge in [-0.1, -0.05) is 20.8 Å². The minimum absolute atomic E-state index is 0.104. The van der Waals surface area contributed by atoms with E-state index in [1.807, 2.05) is 6.92 Å². The summed E-state index contributed by atoms with van der Waals surface area (Å²) in [5.41, 5.74) is 0. The van der Waals surface area contributed by atoms with Crippen LogP contribution in [0.2, 0.25) is 0 Å². The van der Waals surface area contributed by atoms with Gasteiger partial charge >= 0.3 is 0 Å². The molecule has 88 valence electrons. The largest absolute Gasteiger partial charge is 0.298 e. The maximum absolute atomic E-state index is 11.4. The van der Waals surface area contributed by atoms with Gasteiger partial charge in [0, 0.05) is 0 Å². The van der Waals surface area contributed by atoms with Gasteiger partial charge in [-0.25, -0.2) is 0 Å². The Balaban J connectivity index is 4.38. The number of ketones is 2. The second-order valence-corrected chi connectivity index (χ2v) is 4.53. The highest BCUT2D eigenvalue weighted by atomic mass is 16.1. The fourth-order valence-corrected chi connectivity index (χ4v) is 1.59. The number of Topliss-reactive ketones (excluding diaryl/α,β-unsaturated/α-hetero) is 2. The Hall–Kier alpha value is -0.700. The van der Waals surface area contributed by atoms with E-state index in [0.717, 1.165) is 12.8 Å². The van der Waals surface area contributed by atoms with E-state index in [-0.39, 0.29) is 23.7 Å². The minimum atomic E-state index is -0.183. The minimum Gasteiger partial charge on any atom is -0.298 e. The topological polar surface area (TPSA) is 46.2 Å². The monoisotopic (exact) mass is 213 g/mol. The molecule has 0 heterocycles. The lowest BCUT2D eigenvalue weighted by Crippen LogP contribution is -2.46. The van der Waals surface area contributed by atoms with E-state index in [0.29, 0.717) is 5.92 Å². The van der Waals surface area contributed by atoms with E-state index in [9.17, 15) is 9.59 Å². The Morgan fingerprint density at radius 3 is 1.80 bits per heavy atom. The molecule has 0 aromatic carbocycles. The van der Waals surface area contributed by atoms with E-state index in [4.69, 9.17) is 0 Å². The smallest absolute Gasteiger partial charge is 0.146 e. The molecule has 2 atom stereocenters. The van der Waals surface area contributed by atoms with Gasteiger partial charge in [-0.2, -0.15) is 0 Å². The van der Waals surface area contributed by atoms with E-state index in [1.165, 1.54) is 0 Å². The molecule has 1 N–H and O–H groups in total. The average molecular weight is 213 g/mol. The van der Waals surface area contributed by atoms with Gasteiger partial charge < -0.3 is 0 Å². The lowest BCUT2D eigenvalue weighted by molar-refractivity contribution is -0.121. The van der Waals surface area contributed by atoms with Crippen molar-refractivity contribution in [2.45, 2.75) is 59.5 Å². The Morgan fingerprint density at radius 1 is 1.07 bits per heavy atom. The van der Waals surface area contributed by atoms with Crippen LogP contribution in [0.3, 0.4) is 0 Å².